The van der Waals surface area contributed by atoms with Crippen molar-refractivity contribution in [3.8, 4) is 0 Å². The highest BCUT2D eigenvalue weighted by molar-refractivity contribution is 4.74. The van der Waals surface area contributed by atoms with Crippen LogP contribution in [0.25, 0.3) is 0 Å². The van der Waals surface area contributed by atoms with Crippen LogP contribution in [-0.2, 0) is 4.74 Å². The Balaban J connectivity index is 2.04. The van der Waals surface area contributed by atoms with Crippen molar-refractivity contribution in [1.29, 1.82) is 0 Å². The minimum atomic E-state index is -4.22. The summed E-state index contributed by atoms with van der Waals surface area (Å²) in [6.45, 7) is 1.15. The van der Waals surface area contributed by atoms with Crippen LogP contribution in [0.2, 0.25) is 0 Å². The van der Waals surface area contributed by atoms with Crippen LogP contribution in [-0.4, -0.2) is 50.0 Å². The van der Waals surface area contributed by atoms with Crippen molar-refractivity contribution in [2.24, 2.45) is 5.73 Å². The van der Waals surface area contributed by atoms with Gasteiger partial charge in [0.2, 0.25) is 0 Å². The van der Waals surface area contributed by atoms with E-state index in [2.05, 4.69) is 4.74 Å². The third-order valence-corrected chi connectivity index (χ3v) is 2.36. The Kier molecular flexibility index (Phi) is 4.82. The molecule has 0 bridgehead atoms. The van der Waals surface area contributed by atoms with Crippen molar-refractivity contribution in [1.82, 2.24) is 4.90 Å². The molecule has 0 amide bonds. The number of piperidine rings is 1. The van der Waals surface area contributed by atoms with Gasteiger partial charge in [-0.05, 0) is 19.4 Å². The van der Waals surface area contributed by atoms with Crippen LogP contribution >= 0.6 is 0 Å². The molecule has 0 saturated carbocycles. The number of nitrogens with zero attached hydrogens (tertiary/aromatic N) is 1. The van der Waals surface area contributed by atoms with Gasteiger partial charge in [0.15, 0.2) is 0 Å². The maximum Gasteiger partial charge on any atom is 0.411 e. The van der Waals surface area contributed by atoms with Gasteiger partial charge in [0.1, 0.15) is 6.61 Å². The molecule has 0 aliphatic carbocycles. The number of halogens is 3. The number of nitrogens with two attached hydrogens (primary N) is 1. The van der Waals surface area contributed by atoms with Crippen LogP contribution in [0, 0.1) is 0 Å². The van der Waals surface area contributed by atoms with E-state index in [9.17, 15) is 13.2 Å². The summed E-state index contributed by atoms with van der Waals surface area (Å²) < 4.78 is 39.7. The number of hydrogen-bond donors (Lipinski definition) is 1. The predicted molar refractivity (Wildman–Crippen MR) is 50.5 cm³/mol. The molecule has 0 spiro atoms. The molecule has 0 radical (unpaired) electrons. The van der Waals surface area contributed by atoms with Gasteiger partial charge in [0.25, 0.3) is 0 Å². The van der Waals surface area contributed by atoms with Crippen molar-refractivity contribution in [2.45, 2.75) is 25.1 Å². The van der Waals surface area contributed by atoms with Gasteiger partial charge >= 0.3 is 6.18 Å². The lowest BCUT2D eigenvalue weighted by molar-refractivity contribution is -0.174. The summed E-state index contributed by atoms with van der Waals surface area (Å²) in [7, 11) is 0. The van der Waals surface area contributed by atoms with Crippen LogP contribution in [0.4, 0.5) is 13.2 Å². The Morgan fingerprint density at radius 2 is 2.13 bits per heavy atom. The first-order valence-corrected chi connectivity index (χ1v) is 5.10. The molecule has 3 nitrogen and oxygen atoms in total. The standard InChI is InChI=1S/C9H17F3N2O/c10-9(11,12)7-15-5-4-14-3-1-2-8(13)6-14/h8H,1-7,13H2. The normalized spacial score (nSPS) is 24.4. The quantitative estimate of drug-likeness (QED) is 0.726. The molecule has 90 valence electrons. The number of alkyl halides is 3. The Hall–Kier alpha value is -0.330. The lowest BCUT2D eigenvalue weighted by Crippen LogP contribution is -2.44. The van der Waals surface area contributed by atoms with E-state index in [4.69, 9.17) is 5.73 Å². The highest BCUT2D eigenvalue weighted by Crippen LogP contribution is 2.14. The SMILES string of the molecule is NC1CCCN(CCOCC(F)(F)F)C1. The molecule has 1 rings (SSSR count). The third-order valence-electron chi connectivity index (χ3n) is 2.36. The molecule has 1 saturated heterocycles. The van der Waals surface area contributed by atoms with E-state index in [1.54, 1.807) is 0 Å². The molecule has 0 aromatic carbocycles. The summed E-state index contributed by atoms with van der Waals surface area (Å²) in [6.07, 6.45) is -2.21. The van der Waals surface area contributed by atoms with E-state index in [0.29, 0.717) is 6.54 Å². The zero-order valence-electron chi connectivity index (χ0n) is 8.59. The van der Waals surface area contributed by atoms with E-state index >= 15 is 0 Å². The van der Waals surface area contributed by atoms with E-state index in [-0.39, 0.29) is 12.6 Å². The minimum absolute atomic E-state index is 0.117. The molecule has 15 heavy (non-hydrogen) atoms. The van der Waals surface area contributed by atoms with Crippen LogP contribution in [0.3, 0.4) is 0 Å². The maximum absolute atomic E-state index is 11.7. The molecule has 0 aromatic heterocycles. The number of ether oxygens (including phenoxy) is 1. The van der Waals surface area contributed by atoms with Gasteiger partial charge in [-0.15, -0.1) is 0 Å². The summed E-state index contributed by atoms with van der Waals surface area (Å²) >= 11 is 0. The first-order chi connectivity index (χ1) is 6.97. The van der Waals surface area contributed by atoms with Crippen LogP contribution in [0.1, 0.15) is 12.8 Å². The molecule has 2 N–H and O–H groups in total. The monoisotopic (exact) mass is 226 g/mol. The van der Waals surface area contributed by atoms with Crippen LogP contribution in [0.15, 0.2) is 0 Å². The van der Waals surface area contributed by atoms with Gasteiger partial charge in [-0.2, -0.15) is 13.2 Å². The number of rotatable bonds is 4. The second-order valence-corrected chi connectivity index (χ2v) is 3.87. The fraction of sp³-hybridized carbons (Fsp3) is 1.00. The molecular weight excluding hydrogens is 209 g/mol. The molecule has 1 atom stereocenters. The third kappa shape index (κ3) is 5.96. The summed E-state index contributed by atoms with van der Waals surface area (Å²) in [5.74, 6) is 0. The van der Waals surface area contributed by atoms with Gasteiger partial charge in [-0.1, -0.05) is 0 Å². The average molecular weight is 226 g/mol. The largest absolute Gasteiger partial charge is 0.411 e. The Bertz CT molecular complexity index is 187. The van der Waals surface area contributed by atoms with E-state index in [1.165, 1.54) is 0 Å². The van der Waals surface area contributed by atoms with Crippen molar-refractivity contribution in [3.63, 3.8) is 0 Å². The Morgan fingerprint density at radius 1 is 1.40 bits per heavy atom. The van der Waals surface area contributed by atoms with E-state index in [1.807, 2.05) is 4.90 Å². The summed E-state index contributed by atoms with van der Waals surface area (Å²) in [5.41, 5.74) is 5.74. The summed E-state index contributed by atoms with van der Waals surface area (Å²) in [6, 6.07) is 0.154. The van der Waals surface area contributed by atoms with Gasteiger partial charge in [-0.3, -0.25) is 4.90 Å². The molecule has 6 heteroatoms. The smallest absolute Gasteiger partial charge is 0.371 e. The van der Waals surface area contributed by atoms with Gasteiger partial charge in [-0.25, -0.2) is 0 Å². The molecule has 1 unspecified atom stereocenters. The molecule has 0 aromatic rings. The fourth-order valence-corrected chi connectivity index (χ4v) is 1.68. The summed E-state index contributed by atoms with van der Waals surface area (Å²) in [5, 5.41) is 0. The highest BCUT2D eigenvalue weighted by Gasteiger charge is 2.27. The highest BCUT2D eigenvalue weighted by atomic mass is 19.4. The summed E-state index contributed by atoms with van der Waals surface area (Å²) in [4.78, 5) is 2.05. The average Bonchev–Trinajstić information content (AvgIpc) is 2.11. The molecule has 1 aliphatic rings. The minimum Gasteiger partial charge on any atom is -0.371 e. The van der Waals surface area contributed by atoms with Gasteiger partial charge < -0.3 is 10.5 Å². The first-order valence-electron chi connectivity index (χ1n) is 5.10. The number of likely N-dealkylation sites (tertiary alicyclic amines) is 1. The van der Waals surface area contributed by atoms with Crippen molar-refractivity contribution < 1.29 is 17.9 Å². The first kappa shape index (κ1) is 12.7. The molecule has 1 aliphatic heterocycles. The molecular formula is C9H17F3N2O. The second-order valence-electron chi connectivity index (χ2n) is 3.87. The maximum atomic E-state index is 11.7. The lowest BCUT2D eigenvalue weighted by Gasteiger charge is -2.30. The topological polar surface area (TPSA) is 38.5 Å². The van der Waals surface area contributed by atoms with Gasteiger partial charge in [0, 0.05) is 19.1 Å². The fourth-order valence-electron chi connectivity index (χ4n) is 1.68. The number of hydrogen-bond acceptors (Lipinski definition) is 3. The second kappa shape index (κ2) is 5.67. The molecule has 1 fully saturated rings. The Labute approximate surface area is 87.4 Å². The van der Waals surface area contributed by atoms with Crippen molar-refractivity contribution >= 4 is 0 Å². The molecule has 1 heterocycles. The van der Waals surface area contributed by atoms with Crippen LogP contribution in [0.5, 0.6) is 0 Å². The lowest BCUT2D eigenvalue weighted by atomic mass is 10.1. The van der Waals surface area contributed by atoms with E-state index in [0.717, 1.165) is 25.9 Å². The van der Waals surface area contributed by atoms with Crippen LogP contribution < -0.4 is 5.73 Å². The van der Waals surface area contributed by atoms with Crippen molar-refractivity contribution in [2.75, 3.05) is 32.8 Å². The Morgan fingerprint density at radius 3 is 2.73 bits per heavy atom. The predicted octanol–water partition coefficient (Wildman–Crippen LogP) is 0.988. The van der Waals surface area contributed by atoms with Crippen molar-refractivity contribution in [3.05, 3.63) is 0 Å². The van der Waals surface area contributed by atoms with Gasteiger partial charge in [0.05, 0.1) is 6.61 Å². The van der Waals surface area contributed by atoms with E-state index < -0.39 is 12.8 Å². The zero-order chi connectivity index (χ0) is 11.3. The zero-order valence-corrected chi connectivity index (χ0v) is 8.59.